The van der Waals surface area contributed by atoms with Gasteiger partial charge in [-0.15, -0.1) is 0 Å². The molecule has 0 atom stereocenters. The molecule has 2 N–H and O–H groups in total. The molecule has 14 heavy (non-hydrogen) atoms. The Balaban J connectivity index is 2.63. The summed E-state index contributed by atoms with van der Waals surface area (Å²) in [6, 6.07) is 4.80. The zero-order chi connectivity index (χ0) is 10.6. The molecule has 0 spiro atoms. The number of carbonyl (C=O) groups is 1. The van der Waals surface area contributed by atoms with Gasteiger partial charge in [0, 0.05) is 19.7 Å². The van der Waals surface area contributed by atoms with Gasteiger partial charge < -0.3 is 10.4 Å². The quantitative estimate of drug-likeness (QED) is 0.725. The first-order chi connectivity index (χ1) is 6.61. The van der Waals surface area contributed by atoms with Crippen molar-refractivity contribution in [3.8, 4) is 0 Å². The van der Waals surface area contributed by atoms with E-state index >= 15 is 0 Å². The fourth-order valence-corrected chi connectivity index (χ4v) is 1.04. The zero-order valence-electron chi connectivity index (χ0n) is 7.86. The number of aromatic nitrogens is 1. The topological polar surface area (TPSA) is 71.3 Å². The molecule has 1 aromatic heterocycles. The highest BCUT2D eigenvalue weighted by Gasteiger charge is 1.99. The first kappa shape index (κ1) is 10.3. The highest BCUT2D eigenvalue weighted by molar-refractivity contribution is 5.67. The van der Waals surface area contributed by atoms with Crippen molar-refractivity contribution in [3.63, 3.8) is 0 Å². The van der Waals surface area contributed by atoms with E-state index in [4.69, 9.17) is 5.11 Å². The minimum absolute atomic E-state index is 0.0308. The number of nitrogens with zero attached hydrogens (tertiary/aromatic N) is 1. The first-order valence-electron chi connectivity index (χ1n) is 4.23. The summed E-state index contributed by atoms with van der Waals surface area (Å²) in [4.78, 5) is 21.4. The molecular weight excluding hydrogens is 184 g/mol. The molecule has 76 valence electrons. The Bertz CT molecular complexity index is 384. The highest BCUT2D eigenvalue weighted by Crippen LogP contribution is 2.00. The van der Waals surface area contributed by atoms with Crippen LogP contribution in [0.5, 0.6) is 0 Å². The van der Waals surface area contributed by atoms with Crippen LogP contribution in [0.15, 0.2) is 23.0 Å². The Hall–Kier alpha value is -1.78. The Kier molecular flexibility index (Phi) is 3.28. The summed E-state index contributed by atoms with van der Waals surface area (Å²) in [5.74, 6) is -0.239. The predicted molar refractivity (Wildman–Crippen MR) is 52.4 cm³/mol. The molecule has 0 bridgehead atoms. The van der Waals surface area contributed by atoms with Crippen molar-refractivity contribution in [2.24, 2.45) is 7.05 Å². The van der Waals surface area contributed by atoms with E-state index in [9.17, 15) is 9.59 Å². The van der Waals surface area contributed by atoms with E-state index in [1.807, 2.05) is 0 Å². The van der Waals surface area contributed by atoms with Crippen LogP contribution >= 0.6 is 0 Å². The SMILES string of the molecule is Cn1c(NCCC(=O)O)cccc1=O. The molecule has 5 nitrogen and oxygen atoms in total. The van der Waals surface area contributed by atoms with Crippen molar-refractivity contribution in [3.05, 3.63) is 28.6 Å². The minimum atomic E-state index is -0.863. The van der Waals surface area contributed by atoms with Gasteiger partial charge in [0.25, 0.3) is 5.56 Å². The molecule has 0 unspecified atom stereocenters. The van der Waals surface area contributed by atoms with Crippen LogP contribution in [0, 0.1) is 0 Å². The number of pyridine rings is 1. The molecule has 0 aliphatic rings. The zero-order valence-corrected chi connectivity index (χ0v) is 7.86. The third-order valence-corrected chi connectivity index (χ3v) is 1.83. The van der Waals surface area contributed by atoms with E-state index in [-0.39, 0.29) is 12.0 Å². The lowest BCUT2D eigenvalue weighted by atomic mass is 10.4. The number of rotatable bonds is 4. The van der Waals surface area contributed by atoms with Gasteiger partial charge in [0.05, 0.1) is 6.42 Å². The van der Waals surface area contributed by atoms with E-state index in [0.29, 0.717) is 12.4 Å². The van der Waals surface area contributed by atoms with Gasteiger partial charge in [-0.2, -0.15) is 0 Å². The van der Waals surface area contributed by atoms with Crippen LogP contribution in [0.25, 0.3) is 0 Å². The maximum atomic E-state index is 11.1. The molecule has 0 aliphatic heterocycles. The predicted octanol–water partition coefficient (Wildman–Crippen LogP) is 0.272. The monoisotopic (exact) mass is 196 g/mol. The molecule has 0 saturated heterocycles. The summed E-state index contributed by atoms with van der Waals surface area (Å²) >= 11 is 0. The van der Waals surface area contributed by atoms with Crippen molar-refractivity contribution in [2.45, 2.75) is 6.42 Å². The van der Waals surface area contributed by atoms with Crippen LogP contribution in [0.3, 0.4) is 0 Å². The summed E-state index contributed by atoms with van der Waals surface area (Å²) in [5.41, 5.74) is -0.120. The van der Waals surface area contributed by atoms with Crippen molar-refractivity contribution < 1.29 is 9.90 Å². The maximum Gasteiger partial charge on any atom is 0.305 e. The standard InChI is InChI=1S/C9H12N2O3/c1-11-7(3-2-4-8(11)12)10-6-5-9(13)14/h2-4,10H,5-6H2,1H3,(H,13,14). The van der Waals surface area contributed by atoms with Gasteiger partial charge in [-0.3, -0.25) is 14.2 Å². The molecule has 0 fully saturated rings. The molecule has 1 aromatic rings. The van der Waals surface area contributed by atoms with Crippen molar-refractivity contribution in [2.75, 3.05) is 11.9 Å². The van der Waals surface area contributed by atoms with Gasteiger partial charge in [0.1, 0.15) is 5.82 Å². The Morgan fingerprint density at radius 3 is 2.93 bits per heavy atom. The molecule has 0 amide bonds. The lowest BCUT2D eigenvalue weighted by Gasteiger charge is -2.08. The van der Waals surface area contributed by atoms with Crippen LogP contribution < -0.4 is 10.9 Å². The molecule has 1 heterocycles. The van der Waals surface area contributed by atoms with Gasteiger partial charge in [0.2, 0.25) is 0 Å². The molecule has 0 saturated carbocycles. The van der Waals surface area contributed by atoms with E-state index in [1.54, 1.807) is 19.2 Å². The second-order valence-corrected chi connectivity index (χ2v) is 2.88. The van der Waals surface area contributed by atoms with Crippen molar-refractivity contribution in [1.29, 1.82) is 0 Å². The largest absolute Gasteiger partial charge is 0.481 e. The molecule has 0 aliphatic carbocycles. The fourth-order valence-electron chi connectivity index (χ4n) is 1.04. The van der Waals surface area contributed by atoms with E-state index in [0.717, 1.165) is 0 Å². The molecule has 0 radical (unpaired) electrons. The fraction of sp³-hybridized carbons (Fsp3) is 0.333. The van der Waals surface area contributed by atoms with Crippen LogP contribution in [-0.2, 0) is 11.8 Å². The van der Waals surface area contributed by atoms with Crippen LogP contribution in [0.2, 0.25) is 0 Å². The first-order valence-corrected chi connectivity index (χ1v) is 4.23. The van der Waals surface area contributed by atoms with Crippen molar-refractivity contribution >= 4 is 11.8 Å². The number of hydrogen-bond acceptors (Lipinski definition) is 3. The summed E-state index contributed by atoms with van der Waals surface area (Å²) in [5, 5.41) is 11.3. The minimum Gasteiger partial charge on any atom is -0.481 e. The van der Waals surface area contributed by atoms with Gasteiger partial charge >= 0.3 is 5.97 Å². The third-order valence-electron chi connectivity index (χ3n) is 1.83. The molecular formula is C9H12N2O3. The third kappa shape index (κ3) is 2.62. The lowest BCUT2D eigenvalue weighted by molar-refractivity contribution is -0.136. The van der Waals surface area contributed by atoms with Crippen LogP contribution in [-0.4, -0.2) is 22.2 Å². The molecule has 1 rings (SSSR count). The van der Waals surface area contributed by atoms with Gasteiger partial charge in [-0.1, -0.05) is 6.07 Å². The van der Waals surface area contributed by atoms with E-state index in [1.165, 1.54) is 10.6 Å². The number of carboxylic acids is 1. The number of nitrogens with one attached hydrogen (secondary N) is 1. The second kappa shape index (κ2) is 4.45. The van der Waals surface area contributed by atoms with E-state index in [2.05, 4.69) is 5.32 Å². The number of hydrogen-bond donors (Lipinski definition) is 2. The van der Waals surface area contributed by atoms with Crippen LogP contribution in [0.1, 0.15) is 6.42 Å². The maximum absolute atomic E-state index is 11.1. The smallest absolute Gasteiger partial charge is 0.305 e. The summed E-state index contributed by atoms with van der Waals surface area (Å²) in [6.07, 6.45) is 0.0308. The average molecular weight is 196 g/mol. The summed E-state index contributed by atoms with van der Waals surface area (Å²) in [6.45, 7) is 0.312. The Labute approximate surface area is 81.0 Å². The van der Waals surface area contributed by atoms with Crippen molar-refractivity contribution in [1.82, 2.24) is 4.57 Å². The second-order valence-electron chi connectivity index (χ2n) is 2.88. The van der Waals surface area contributed by atoms with Gasteiger partial charge in [0.15, 0.2) is 0 Å². The number of aliphatic carboxylic acids is 1. The van der Waals surface area contributed by atoms with E-state index < -0.39 is 5.97 Å². The molecule has 5 heteroatoms. The number of carboxylic acid groups (broad SMARTS) is 1. The summed E-state index contributed by atoms with van der Waals surface area (Å²) < 4.78 is 1.43. The Morgan fingerprint density at radius 1 is 1.57 bits per heavy atom. The highest BCUT2D eigenvalue weighted by atomic mass is 16.4. The van der Waals surface area contributed by atoms with Crippen LogP contribution in [0.4, 0.5) is 5.82 Å². The average Bonchev–Trinajstić information content (AvgIpc) is 2.12. The lowest BCUT2D eigenvalue weighted by Crippen LogP contribution is -2.20. The van der Waals surface area contributed by atoms with Gasteiger partial charge in [-0.25, -0.2) is 0 Å². The van der Waals surface area contributed by atoms with Gasteiger partial charge in [-0.05, 0) is 6.07 Å². The number of anilines is 1. The summed E-state index contributed by atoms with van der Waals surface area (Å²) in [7, 11) is 1.63. The normalized spacial score (nSPS) is 9.79. The Morgan fingerprint density at radius 2 is 2.29 bits per heavy atom. The molecule has 0 aromatic carbocycles.